The molecule has 0 aliphatic heterocycles. The molecule has 0 aromatic heterocycles. The second kappa shape index (κ2) is 7.48. The van der Waals surface area contributed by atoms with Crippen LogP contribution in [-0.4, -0.2) is 25.5 Å². The fourth-order valence-corrected chi connectivity index (χ4v) is 1.29. The van der Waals surface area contributed by atoms with Gasteiger partial charge in [0, 0.05) is 17.6 Å². The molecule has 1 aromatic rings. The molecular formula is C11H15Cl2FN2O. The molecule has 96 valence electrons. The molecular weight excluding hydrogens is 266 g/mol. The Morgan fingerprint density at radius 1 is 1.53 bits per heavy atom. The Labute approximate surface area is 111 Å². The average molecular weight is 281 g/mol. The van der Waals surface area contributed by atoms with Gasteiger partial charge in [-0.2, -0.15) is 0 Å². The van der Waals surface area contributed by atoms with Crippen molar-refractivity contribution < 1.29 is 9.18 Å². The lowest BCUT2D eigenvalue weighted by Crippen LogP contribution is -2.37. The lowest BCUT2D eigenvalue weighted by molar-refractivity contribution is 0.0946. The quantitative estimate of drug-likeness (QED) is 0.888. The highest BCUT2D eigenvalue weighted by atomic mass is 35.5. The van der Waals surface area contributed by atoms with Gasteiger partial charge in [-0.05, 0) is 32.2 Å². The number of rotatable bonds is 4. The molecule has 0 spiro atoms. The standard InChI is InChI=1S/C11H14ClFN2O.ClH/c1-7(14-2)6-15-11(16)9-5-8(12)3-4-10(9)13;/h3-5,7,14H,6H2,1-2H3,(H,15,16);1H. The molecule has 0 heterocycles. The van der Waals surface area contributed by atoms with Gasteiger partial charge in [-0.3, -0.25) is 4.79 Å². The maximum atomic E-state index is 13.3. The van der Waals surface area contributed by atoms with E-state index in [-0.39, 0.29) is 24.0 Å². The van der Waals surface area contributed by atoms with Crippen molar-refractivity contribution >= 4 is 29.9 Å². The summed E-state index contributed by atoms with van der Waals surface area (Å²) in [6, 6.07) is 4.03. The van der Waals surface area contributed by atoms with E-state index in [2.05, 4.69) is 10.6 Å². The van der Waals surface area contributed by atoms with Crippen LogP contribution in [-0.2, 0) is 0 Å². The smallest absolute Gasteiger partial charge is 0.254 e. The number of hydrogen-bond acceptors (Lipinski definition) is 2. The minimum atomic E-state index is -0.570. The molecule has 3 nitrogen and oxygen atoms in total. The van der Waals surface area contributed by atoms with Crippen LogP contribution in [0.4, 0.5) is 4.39 Å². The Kier molecular flexibility index (Phi) is 7.11. The summed E-state index contributed by atoms with van der Waals surface area (Å²) in [6.07, 6.45) is 0. The first-order valence-corrected chi connectivity index (χ1v) is 5.33. The number of carbonyl (C=O) groups excluding carboxylic acids is 1. The van der Waals surface area contributed by atoms with E-state index in [1.807, 2.05) is 6.92 Å². The van der Waals surface area contributed by atoms with Gasteiger partial charge in [0.05, 0.1) is 5.56 Å². The minimum Gasteiger partial charge on any atom is -0.350 e. The lowest BCUT2D eigenvalue weighted by atomic mass is 10.2. The van der Waals surface area contributed by atoms with Crippen LogP contribution >= 0.6 is 24.0 Å². The number of benzene rings is 1. The topological polar surface area (TPSA) is 41.1 Å². The summed E-state index contributed by atoms with van der Waals surface area (Å²) in [6.45, 7) is 2.34. The SMILES string of the molecule is CNC(C)CNC(=O)c1cc(Cl)ccc1F.Cl. The molecule has 1 rings (SSSR count). The predicted octanol–water partition coefficient (Wildman–Crippen LogP) is 2.24. The fourth-order valence-electron chi connectivity index (χ4n) is 1.11. The van der Waals surface area contributed by atoms with Crippen molar-refractivity contribution in [2.45, 2.75) is 13.0 Å². The predicted molar refractivity (Wildman–Crippen MR) is 69.5 cm³/mol. The number of likely N-dealkylation sites (N-methyl/N-ethyl adjacent to an activating group) is 1. The van der Waals surface area contributed by atoms with E-state index in [1.54, 1.807) is 7.05 Å². The maximum absolute atomic E-state index is 13.3. The number of halogens is 3. The summed E-state index contributed by atoms with van der Waals surface area (Å²) < 4.78 is 13.3. The molecule has 0 aliphatic rings. The van der Waals surface area contributed by atoms with Gasteiger partial charge >= 0.3 is 0 Å². The zero-order chi connectivity index (χ0) is 12.1. The van der Waals surface area contributed by atoms with Crippen LogP contribution in [0.15, 0.2) is 18.2 Å². The van der Waals surface area contributed by atoms with Crippen molar-refractivity contribution in [2.75, 3.05) is 13.6 Å². The van der Waals surface area contributed by atoms with Crippen molar-refractivity contribution in [2.24, 2.45) is 0 Å². The Morgan fingerprint density at radius 3 is 2.76 bits per heavy atom. The van der Waals surface area contributed by atoms with E-state index in [4.69, 9.17) is 11.6 Å². The zero-order valence-electron chi connectivity index (χ0n) is 9.59. The normalized spacial score (nSPS) is 11.5. The van der Waals surface area contributed by atoms with Crippen LogP contribution in [0.3, 0.4) is 0 Å². The van der Waals surface area contributed by atoms with E-state index >= 15 is 0 Å². The van der Waals surface area contributed by atoms with Gasteiger partial charge < -0.3 is 10.6 Å². The van der Waals surface area contributed by atoms with Crippen molar-refractivity contribution in [1.29, 1.82) is 0 Å². The number of amides is 1. The lowest BCUT2D eigenvalue weighted by Gasteiger charge is -2.11. The molecule has 0 radical (unpaired) electrons. The first-order valence-electron chi connectivity index (χ1n) is 4.95. The molecule has 0 bridgehead atoms. The van der Waals surface area contributed by atoms with Gasteiger partial charge in [-0.15, -0.1) is 12.4 Å². The van der Waals surface area contributed by atoms with Crippen LogP contribution in [0.25, 0.3) is 0 Å². The minimum absolute atomic E-state index is 0. The molecule has 2 N–H and O–H groups in total. The first-order chi connectivity index (χ1) is 7.54. The molecule has 0 aliphatic carbocycles. The van der Waals surface area contributed by atoms with E-state index in [0.717, 1.165) is 0 Å². The van der Waals surface area contributed by atoms with Crippen molar-refractivity contribution in [3.8, 4) is 0 Å². The highest BCUT2D eigenvalue weighted by molar-refractivity contribution is 6.30. The van der Waals surface area contributed by atoms with E-state index in [0.29, 0.717) is 11.6 Å². The van der Waals surface area contributed by atoms with Crippen LogP contribution in [0.2, 0.25) is 5.02 Å². The van der Waals surface area contributed by atoms with E-state index in [1.165, 1.54) is 18.2 Å². The van der Waals surface area contributed by atoms with Gasteiger partial charge in [-0.25, -0.2) is 4.39 Å². The highest BCUT2D eigenvalue weighted by Gasteiger charge is 2.12. The number of hydrogen-bond donors (Lipinski definition) is 2. The van der Waals surface area contributed by atoms with Gasteiger partial charge in [0.1, 0.15) is 5.82 Å². The summed E-state index contributed by atoms with van der Waals surface area (Å²) in [4.78, 5) is 11.6. The van der Waals surface area contributed by atoms with E-state index < -0.39 is 11.7 Å². The third-order valence-electron chi connectivity index (χ3n) is 2.23. The molecule has 17 heavy (non-hydrogen) atoms. The van der Waals surface area contributed by atoms with Gasteiger partial charge in [0.2, 0.25) is 0 Å². The number of nitrogens with one attached hydrogen (secondary N) is 2. The first kappa shape index (κ1) is 16.2. The Bertz CT molecular complexity index is 388. The molecule has 0 saturated heterocycles. The third kappa shape index (κ3) is 4.89. The fraction of sp³-hybridized carbons (Fsp3) is 0.364. The molecule has 1 amide bonds. The van der Waals surface area contributed by atoms with E-state index in [9.17, 15) is 9.18 Å². The van der Waals surface area contributed by atoms with Gasteiger partial charge in [0.25, 0.3) is 5.91 Å². The Morgan fingerprint density at radius 2 is 2.18 bits per heavy atom. The summed E-state index contributed by atoms with van der Waals surface area (Å²) in [5.74, 6) is -1.03. The van der Waals surface area contributed by atoms with Crippen molar-refractivity contribution in [3.63, 3.8) is 0 Å². The van der Waals surface area contributed by atoms with Crippen molar-refractivity contribution in [3.05, 3.63) is 34.6 Å². The Balaban J connectivity index is 0.00000256. The molecule has 6 heteroatoms. The number of carbonyl (C=O) groups is 1. The van der Waals surface area contributed by atoms with Crippen LogP contribution in [0.5, 0.6) is 0 Å². The zero-order valence-corrected chi connectivity index (χ0v) is 11.2. The summed E-state index contributed by atoms with van der Waals surface area (Å²) >= 11 is 5.69. The second-order valence-corrected chi connectivity index (χ2v) is 3.96. The van der Waals surface area contributed by atoms with Crippen LogP contribution in [0, 0.1) is 5.82 Å². The molecule has 1 atom stereocenters. The molecule has 0 saturated carbocycles. The molecule has 1 aromatic carbocycles. The van der Waals surface area contributed by atoms with Crippen molar-refractivity contribution in [1.82, 2.24) is 10.6 Å². The summed E-state index contributed by atoms with van der Waals surface area (Å²) in [5, 5.41) is 5.92. The van der Waals surface area contributed by atoms with Crippen LogP contribution < -0.4 is 10.6 Å². The summed E-state index contributed by atoms with van der Waals surface area (Å²) in [5.41, 5.74) is -0.0317. The van der Waals surface area contributed by atoms with Gasteiger partial charge in [0.15, 0.2) is 0 Å². The van der Waals surface area contributed by atoms with Gasteiger partial charge in [-0.1, -0.05) is 11.6 Å². The maximum Gasteiger partial charge on any atom is 0.254 e. The summed E-state index contributed by atoms with van der Waals surface area (Å²) in [7, 11) is 1.79. The Hall–Kier alpha value is -0.840. The molecule has 0 fully saturated rings. The second-order valence-electron chi connectivity index (χ2n) is 3.52. The molecule has 1 unspecified atom stereocenters. The largest absolute Gasteiger partial charge is 0.350 e. The monoisotopic (exact) mass is 280 g/mol. The average Bonchev–Trinajstić information content (AvgIpc) is 2.28. The highest BCUT2D eigenvalue weighted by Crippen LogP contribution is 2.14. The third-order valence-corrected chi connectivity index (χ3v) is 2.47. The van der Waals surface area contributed by atoms with Crippen LogP contribution in [0.1, 0.15) is 17.3 Å².